The van der Waals surface area contributed by atoms with Crippen molar-refractivity contribution in [2.45, 2.75) is 43.9 Å². The average molecular weight is 535 g/mol. The lowest BCUT2D eigenvalue weighted by Crippen LogP contribution is -2.30. The van der Waals surface area contributed by atoms with Gasteiger partial charge in [0.1, 0.15) is 0 Å². The highest BCUT2D eigenvalue weighted by Gasteiger charge is 2.25. The molecule has 0 fully saturated rings. The summed E-state index contributed by atoms with van der Waals surface area (Å²) >= 11 is 0. The van der Waals surface area contributed by atoms with E-state index in [0.29, 0.717) is 12.8 Å². The van der Waals surface area contributed by atoms with E-state index in [-0.39, 0.29) is 29.2 Å². The van der Waals surface area contributed by atoms with E-state index in [0.717, 1.165) is 47.7 Å². The standard InChI is InChI=1S/C25H34N4O5S2/c1-18(7-5-8-19-12-14-20(15-13-19)36(26,33)34)21(10-6-16-28-35(2,31)32)25(30)29-24-17-27-23-11-4-3-9-22(23)24/h3-4,9,11-15,17-18,21,27-28H,5-8,10,16H2,1-2H3,(H,29,30)(H2,26,33,34). The van der Waals surface area contributed by atoms with Crippen molar-refractivity contribution < 1.29 is 21.6 Å². The van der Waals surface area contributed by atoms with E-state index in [2.05, 4.69) is 15.0 Å². The van der Waals surface area contributed by atoms with Gasteiger partial charge in [-0.25, -0.2) is 26.7 Å². The number of aromatic amines is 1. The molecule has 0 aliphatic heterocycles. The first-order chi connectivity index (χ1) is 16.9. The van der Waals surface area contributed by atoms with E-state index in [9.17, 15) is 21.6 Å². The fraction of sp³-hybridized carbons (Fsp3) is 0.400. The number of fused-ring (bicyclic) bond motifs is 1. The number of hydrogen-bond acceptors (Lipinski definition) is 5. The molecule has 0 radical (unpaired) electrons. The van der Waals surface area contributed by atoms with Gasteiger partial charge in [0, 0.05) is 29.6 Å². The predicted octanol–water partition coefficient (Wildman–Crippen LogP) is 3.36. The molecule has 11 heteroatoms. The summed E-state index contributed by atoms with van der Waals surface area (Å²) in [6, 6.07) is 14.2. The fourth-order valence-electron chi connectivity index (χ4n) is 4.33. The molecule has 3 aromatic rings. The van der Waals surface area contributed by atoms with Crippen LogP contribution in [-0.2, 0) is 31.3 Å². The highest BCUT2D eigenvalue weighted by molar-refractivity contribution is 7.89. The normalized spacial score (nSPS) is 14.0. The number of amides is 1. The number of para-hydroxylation sites is 1. The average Bonchev–Trinajstić information content (AvgIpc) is 3.20. The van der Waals surface area contributed by atoms with Gasteiger partial charge in [-0.15, -0.1) is 0 Å². The second kappa shape index (κ2) is 12.0. The third-order valence-corrected chi connectivity index (χ3v) is 7.96. The Morgan fingerprint density at radius 3 is 2.36 bits per heavy atom. The zero-order chi connectivity index (χ0) is 26.3. The van der Waals surface area contributed by atoms with Gasteiger partial charge in [0.2, 0.25) is 26.0 Å². The summed E-state index contributed by atoms with van der Waals surface area (Å²) in [7, 11) is -7.00. The van der Waals surface area contributed by atoms with Crippen molar-refractivity contribution in [1.29, 1.82) is 0 Å². The smallest absolute Gasteiger partial charge is 0.238 e. The van der Waals surface area contributed by atoms with E-state index in [1.807, 2.05) is 31.2 Å². The largest absolute Gasteiger partial charge is 0.359 e. The number of benzene rings is 2. The Hall–Kier alpha value is -2.73. The Balaban J connectivity index is 1.63. The summed E-state index contributed by atoms with van der Waals surface area (Å²) < 4.78 is 48.2. The van der Waals surface area contributed by atoms with Crippen molar-refractivity contribution in [2.75, 3.05) is 18.1 Å². The number of carbonyl (C=O) groups excluding carboxylic acids is 1. The molecular formula is C25H34N4O5S2. The molecule has 1 amide bonds. The topological polar surface area (TPSA) is 151 Å². The van der Waals surface area contributed by atoms with Crippen LogP contribution >= 0.6 is 0 Å². The molecular weight excluding hydrogens is 500 g/mol. The highest BCUT2D eigenvalue weighted by Crippen LogP contribution is 2.28. The Morgan fingerprint density at radius 1 is 1.00 bits per heavy atom. The second-order valence-corrected chi connectivity index (χ2v) is 12.6. The Labute approximate surface area is 213 Å². The molecule has 196 valence electrons. The molecule has 5 N–H and O–H groups in total. The minimum Gasteiger partial charge on any atom is -0.359 e. The lowest BCUT2D eigenvalue weighted by atomic mass is 9.85. The van der Waals surface area contributed by atoms with Crippen LogP contribution in [0.25, 0.3) is 10.9 Å². The molecule has 2 unspecified atom stereocenters. The molecule has 0 aliphatic rings. The van der Waals surface area contributed by atoms with Gasteiger partial charge in [0.25, 0.3) is 0 Å². The molecule has 0 spiro atoms. The van der Waals surface area contributed by atoms with Gasteiger partial charge < -0.3 is 10.3 Å². The number of aryl methyl sites for hydroxylation is 1. The van der Waals surface area contributed by atoms with Gasteiger partial charge in [0.05, 0.1) is 16.8 Å². The number of primary sulfonamides is 1. The number of hydrogen-bond donors (Lipinski definition) is 4. The van der Waals surface area contributed by atoms with Crippen molar-refractivity contribution in [3.8, 4) is 0 Å². The molecule has 2 aromatic carbocycles. The van der Waals surface area contributed by atoms with Crippen LogP contribution in [0.1, 0.15) is 38.2 Å². The van der Waals surface area contributed by atoms with Crippen LogP contribution in [0.2, 0.25) is 0 Å². The maximum atomic E-state index is 13.3. The number of anilines is 1. The molecule has 0 saturated carbocycles. The summed E-state index contributed by atoms with van der Waals surface area (Å²) in [4.78, 5) is 16.6. The zero-order valence-electron chi connectivity index (χ0n) is 20.5. The first-order valence-corrected chi connectivity index (χ1v) is 15.3. The number of nitrogens with two attached hydrogens (primary N) is 1. The van der Waals surface area contributed by atoms with E-state index in [1.165, 1.54) is 12.1 Å². The van der Waals surface area contributed by atoms with E-state index >= 15 is 0 Å². The molecule has 0 bridgehead atoms. The molecule has 3 rings (SSSR count). The number of carbonyl (C=O) groups is 1. The summed E-state index contributed by atoms with van der Waals surface area (Å²) in [6.45, 7) is 2.31. The monoisotopic (exact) mass is 534 g/mol. The molecule has 9 nitrogen and oxygen atoms in total. The van der Waals surface area contributed by atoms with Crippen molar-refractivity contribution in [3.05, 3.63) is 60.3 Å². The van der Waals surface area contributed by atoms with Gasteiger partial charge >= 0.3 is 0 Å². The Kier molecular flexibility index (Phi) is 9.29. The molecule has 1 heterocycles. The minimum absolute atomic E-state index is 0.0529. The first-order valence-electron chi connectivity index (χ1n) is 11.9. The second-order valence-electron chi connectivity index (χ2n) is 9.21. The molecule has 1 aromatic heterocycles. The van der Waals surface area contributed by atoms with Crippen molar-refractivity contribution >= 4 is 42.5 Å². The predicted molar refractivity (Wildman–Crippen MR) is 142 cm³/mol. The number of aromatic nitrogens is 1. The number of nitrogens with one attached hydrogen (secondary N) is 3. The maximum absolute atomic E-state index is 13.3. The highest BCUT2D eigenvalue weighted by atomic mass is 32.2. The van der Waals surface area contributed by atoms with Crippen LogP contribution in [-0.4, -0.2) is 40.5 Å². The number of rotatable bonds is 13. The summed E-state index contributed by atoms with van der Waals surface area (Å²) in [6.07, 6.45) is 6.31. The SMILES string of the molecule is CC(CCCc1ccc(S(N)(=O)=O)cc1)C(CCCNS(C)(=O)=O)C(=O)Nc1c[nH]c2ccccc12. The van der Waals surface area contributed by atoms with Crippen LogP contribution in [0, 0.1) is 11.8 Å². The van der Waals surface area contributed by atoms with Crippen LogP contribution < -0.4 is 15.2 Å². The summed E-state index contributed by atoms with van der Waals surface area (Å²) in [5.41, 5.74) is 2.65. The van der Waals surface area contributed by atoms with Crippen molar-refractivity contribution in [3.63, 3.8) is 0 Å². The van der Waals surface area contributed by atoms with Gasteiger partial charge in [-0.05, 0) is 61.8 Å². The minimum atomic E-state index is -3.72. The summed E-state index contributed by atoms with van der Waals surface area (Å²) in [5.74, 6) is -0.342. The van der Waals surface area contributed by atoms with Crippen molar-refractivity contribution in [2.24, 2.45) is 17.0 Å². The Morgan fingerprint density at radius 2 is 1.69 bits per heavy atom. The molecule has 0 aliphatic carbocycles. The van der Waals surface area contributed by atoms with Gasteiger partial charge in [-0.1, -0.05) is 37.3 Å². The zero-order valence-corrected chi connectivity index (χ0v) is 22.2. The van der Waals surface area contributed by atoms with E-state index in [4.69, 9.17) is 5.14 Å². The third kappa shape index (κ3) is 8.16. The molecule has 0 saturated heterocycles. The van der Waals surface area contributed by atoms with E-state index < -0.39 is 20.0 Å². The van der Waals surface area contributed by atoms with Gasteiger partial charge in [-0.3, -0.25) is 4.79 Å². The van der Waals surface area contributed by atoms with Crippen molar-refractivity contribution in [1.82, 2.24) is 9.71 Å². The van der Waals surface area contributed by atoms with Crippen LogP contribution in [0.4, 0.5) is 5.69 Å². The third-order valence-electron chi connectivity index (χ3n) is 6.30. The quantitative estimate of drug-likeness (QED) is 0.248. The van der Waals surface area contributed by atoms with Crippen LogP contribution in [0.5, 0.6) is 0 Å². The van der Waals surface area contributed by atoms with Gasteiger partial charge in [0.15, 0.2) is 0 Å². The lowest BCUT2D eigenvalue weighted by molar-refractivity contribution is -0.121. The van der Waals surface area contributed by atoms with Crippen LogP contribution in [0.3, 0.4) is 0 Å². The Bertz CT molecular complexity index is 1380. The fourth-order valence-corrected chi connectivity index (χ4v) is 5.36. The number of H-pyrrole nitrogens is 1. The maximum Gasteiger partial charge on any atom is 0.238 e. The van der Waals surface area contributed by atoms with Gasteiger partial charge in [-0.2, -0.15) is 0 Å². The number of sulfonamides is 2. The van der Waals surface area contributed by atoms with E-state index in [1.54, 1.807) is 18.3 Å². The first kappa shape index (κ1) is 27.9. The molecule has 2 atom stereocenters. The summed E-state index contributed by atoms with van der Waals surface area (Å²) in [5, 5.41) is 9.14. The lowest BCUT2D eigenvalue weighted by Gasteiger charge is -2.23. The molecule has 36 heavy (non-hydrogen) atoms. The van der Waals surface area contributed by atoms with Crippen LogP contribution in [0.15, 0.2) is 59.6 Å².